The van der Waals surface area contributed by atoms with Gasteiger partial charge in [-0.15, -0.1) is 11.3 Å². The second-order valence-electron chi connectivity index (χ2n) is 4.46. The molecule has 0 saturated carbocycles. The standard InChI is InChI=1S/C14H15N3S/c1-17-7-6-16-14(17)12(15)8-10-9-18-13-5-3-2-4-11(10)13/h2-7,9,12H,8,15H2,1H3. The number of nitrogens with zero attached hydrogens (tertiary/aromatic N) is 2. The lowest BCUT2D eigenvalue weighted by Gasteiger charge is -2.10. The van der Waals surface area contributed by atoms with Gasteiger partial charge in [0.15, 0.2) is 0 Å². The molecule has 1 unspecified atom stereocenters. The lowest BCUT2D eigenvalue weighted by Crippen LogP contribution is -2.17. The molecule has 0 spiro atoms. The second-order valence-corrected chi connectivity index (χ2v) is 5.38. The minimum atomic E-state index is -0.0528. The first-order chi connectivity index (χ1) is 8.75. The average molecular weight is 257 g/mol. The minimum Gasteiger partial charge on any atom is -0.337 e. The molecule has 0 bridgehead atoms. The zero-order valence-electron chi connectivity index (χ0n) is 10.2. The van der Waals surface area contributed by atoms with Crippen LogP contribution in [-0.4, -0.2) is 9.55 Å². The van der Waals surface area contributed by atoms with E-state index in [0.717, 1.165) is 12.2 Å². The van der Waals surface area contributed by atoms with Crippen LogP contribution in [0.4, 0.5) is 0 Å². The van der Waals surface area contributed by atoms with Gasteiger partial charge in [-0.1, -0.05) is 18.2 Å². The summed E-state index contributed by atoms with van der Waals surface area (Å²) in [6, 6.07) is 8.40. The van der Waals surface area contributed by atoms with E-state index in [1.807, 2.05) is 17.8 Å². The van der Waals surface area contributed by atoms with Crippen molar-refractivity contribution >= 4 is 21.4 Å². The summed E-state index contributed by atoms with van der Waals surface area (Å²) < 4.78 is 3.30. The maximum absolute atomic E-state index is 6.24. The van der Waals surface area contributed by atoms with Crippen molar-refractivity contribution in [2.45, 2.75) is 12.5 Å². The van der Waals surface area contributed by atoms with Crippen LogP contribution in [0.3, 0.4) is 0 Å². The van der Waals surface area contributed by atoms with Crippen LogP contribution in [0.5, 0.6) is 0 Å². The molecule has 3 nitrogen and oxygen atoms in total. The Kier molecular flexibility index (Phi) is 2.89. The van der Waals surface area contributed by atoms with Crippen LogP contribution in [0.1, 0.15) is 17.4 Å². The van der Waals surface area contributed by atoms with E-state index in [1.165, 1.54) is 15.6 Å². The van der Waals surface area contributed by atoms with Gasteiger partial charge in [-0.3, -0.25) is 0 Å². The van der Waals surface area contributed by atoms with Crippen molar-refractivity contribution in [2.75, 3.05) is 0 Å². The van der Waals surface area contributed by atoms with E-state index in [2.05, 4.69) is 34.6 Å². The highest BCUT2D eigenvalue weighted by molar-refractivity contribution is 7.17. The summed E-state index contributed by atoms with van der Waals surface area (Å²) in [6.07, 6.45) is 4.55. The second kappa shape index (κ2) is 4.55. The monoisotopic (exact) mass is 257 g/mol. The van der Waals surface area contributed by atoms with Crippen molar-refractivity contribution < 1.29 is 0 Å². The first-order valence-electron chi connectivity index (χ1n) is 5.93. The van der Waals surface area contributed by atoms with Crippen LogP contribution in [0.2, 0.25) is 0 Å². The summed E-state index contributed by atoms with van der Waals surface area (Å²) in [5.41, 5.74) is 7.56. The predicted molar refractivity (Wildman–Crippen MR) is 75.7 cm³/mol. The van der Waals surface area contributed by atoms with Gasteiger partial charge in [-0.25, -0.2) is 4.98 Å². The van der Waals surface area contributed by atoms with Crippen molar-refractivity contribution in [3.8, 4) is 0 Å². The molecule has 0 aliphatic rings. The summed E-state index contributed by atoms with van der Waals surface area (Å²) in [4.78, 5) is 4.32. The number of nitrogens with two attached hydrogens (primary N) is 1. The molecule has 92 valence electrons. The van der Waals surface area contributed by atoms with Gasteiger partial charge in [-0.05, 0) is 28.8 Å². The largest absolute Gasteiger partial charge is 0.337 e. The van der Waals surface area contributed by atoms with Gasteiger partial charge in [0.2, 0.25) is 0 Å². The molecule has 1 aromatic carbocycles. The molecular weight excluding hydrogens is 242 g/mol. The number of benzene rings is 1. The first-order valence-corrected chi connectivity index (χ1v) is 6.81. The highest BCUT2D eigenvalue weighted by atomic mass is 32.1. The highest BCUT2D eigenvalue weighted by Gasteiger charge is 2.13. The van der Waals surface area contributed by atoms with Gasteiger partial charge in [0.1, 0.15) is 5.82 Å². The van der Waals surface area contributed by atoms with Gasteiger partial charge >= 0.3 is 0 Å². The molecule has 4 heteroatoms. The molecule has 0 saturated heterocycles. The number of imidazole rings is 1. The zero-order chi connectivity index (χ0) is 12.5. The van der Waals surface area contributed by atoms with Crippen LogP contribution >= 0.6 is 11.3 Å². The Morgan fingerprint density at radius 3 is 3.00 bits per heavy atom. The van der Waals surface area contributed by atoms with Crippen LogP contribution in [0.15, 0.2) is 42.0 Å². The van der Waals surface area contributed by atoms with Gasteiger partial charge in [0.25, 0.3) is 0 Å². The van der Waals surface area contributed by atoms with Gasteiger partial charge in [-0.2, -0.15) is 0 Å². The molecule has 0 aliphatic carbocycles. The van der Waals surface area contributed by atoms with Crippen LogP contribution in [0, 0.1) is 0 Å². The lowest BCUT2D eigenvalue weighted by molar-refractivity contribution is 0.635. The van der Waals surface area contributed by atoms with Gasteiger partial charge in [0.05, 0.1) is 6.04 Å². The molecule has 2 N–H and O–H groups in total. The molecule has 2 aromatic heterocycles. The fourth-order valence-corrected chi connectivity index (χ4v) is 3.23. The summed E-state index contributed by atoms with van der Waals surface area (Å²) in [6.45, 7) is 0. The smallest absolute Gasteiger partial charge is 0.125 e. The van der Waals surface area contributed by atoms with E-state index in [9.17, 15) is 0 Å². The van der Waals surface area contributed by atoms with E-state index >= 15 is 0 Å². The van der Waals surface area contributed by atoms with E-state index < -0.39 is 0 Å². The zero-order valence-corrected chi connectivity index (χ0v) is 11.0. The number of rotatable bonds is 3. The normalized spacial score (nSPS) is 13.0. The number of fused-ring (bicyclic) bond motifs is 1. The molecule has 0 aliphatic heterocycles. The number of hydrogen-bond acceptors (Lipinski definition) is 3. The first kappa shape index (κ1) is 11.4. The van der Waals surface area contributed by atoms with Crippen molar-refractivity contribution in [2.24, 2.45) is 12.8 Å². The van der Waals surface area contributed by atoms with Crippen LogP contribution < -0.4 is 5.73 Å². The Bertz CT molecular complexity index is 668. The quantitative estimate of drug-likeness (QED) is 0.784. The molecule has 18 heavy (non-hydrogen) atoms. The summed E-state index contributed by atoms with van der Waals surface area (Å²) in [5, 5.41) is 3.51. The molecule has 0 fully saturated rings. The van der Waals surface area contributed by atoms with Crippen molar-refractivity contribution in [3.63, 3.8) is 0 Å². The molecule has 3 rings (SSSR count). The maximum Gasteiger partial charge on any atom is 0.125 e. The molecule has 1 atom stereocenters. The number of aromatic nitrogens is 2. The van der Waals surface area contributed by atoms with Crippen molar-refractivity contribution in [3.05, 3.63) is 53.4 Å². The Labute approximate surface area is 110 Å². The highest BCUT2D eigenvalue weighted by Crippen LogP contribution is 2.28. The molecular formula is C14H15N3S. The SMILES string of the molecule is Cn1ccnc1C(N)Cc1csc2ccccc12. The maximum atomic E-state index is 6.24. The Hall–Kier alpha value is -1.65. The molecule has 2 heterocycles. The molecule has 3 aromatic rings. The average Bonchev–Trinajstić information content (AvgIpc) is 2.97. The van der Waals surface area contributed by atoms with Crippen LogP contribution in [-0.2, 0) is 13.5 Å². The minimum absolute atomic E-state index is 0.0528. The fourth-order valence-electron chi connectivity index (χ4n) is 2.25. The summed E-state index contributed by atoms with van der Waals surface area (Å²) in [7, 11) is 1.98. The fraction of sp³-hybridized carbons (Fsp3) is 0.214. The van der Waals surface area contributed by atoms with Gasteiger partial charge in [0, 0.05) is 24.1 Å². The number of hydrogen-bond donors (Lipinski definition) is 1. The topological polar surface area (TPSA) is 43.8 Å². The van der Waals surface area contributed by atoms with E-state index in [-0.39, 0.29) is 6.04 Å². The lowest BCUT2D eigenvalue weighted by atomic mass is 10.1. The van der Waals surface area contributed by atoms with Gasteiger partial charge < -0.3 is 10.3 Å². The third kappa shape index (κ3) is 1.94. The van der Waals surface area contributed by atoms with E-state index in [4.69, 9.17) is 5.73 Å². The molecule has 0 radical (unpaired) electrons. The Morgan fingerprint density at radius 2 is 2.22 bits per heavy atom. The third-order valence-corrected chi connectivity index (χ3v) is 4.20. The summed E-state index contributed by atoms with van der Waals surface area (Å²) in [5.74, 6) is 0.935. The predicted octanol–water partition coefficient (Wildman–Crippen LogP) is 2.88. The Morgan fingerprint density at radius 1 is 1.39 bits per heavy atom. The third-order valence-electron chi connectivity index (χ3n) is 3.19. The summed E-state index contributed by atoms with van der Waals surface area (Å²) >= 11 is 1.77. The van der Waals surface area contributed by atoms with Crippen molar-refractivity contribution in [1.29, 1.82) is 0 Å². The van der Waals surface area contributed by atoms with E-state index in [1.54, 1.807) is 17.5 Å². The number of thiophene rings is 1. The molecule has 0 amide bonds. The number of aryl methyl sites for hydroxylation is 1. The van der Waals surface area contributed by atoms with Crippen molar-refractivity contribution in [1.82, 2.24) is 9.55 Å². The Balaban J connectivity index is 1.91. The van der Waals surface area contributed by atoms with Crippen LogP contribution in [0.25, 0.3) is 10.1 Å². The van der Waals surface area contributed by atoms with E-state index in [0.29, 0.717) is 0 Å².